The molecule has 4 atom stereocenters. The largest absolute Gasteiger partial charge is 0.118 e. The quantitative estimate of drug-likeness (QED) is 0.559. The predicted octanol–water partition coefficient (Wildman–Crippen LogP) is 4.55. The van der Waals surface area contributed by atoms with E-state index in [-0.39, 0.29) is 0 Å². The normalized spacial score (nSPS) is 48.1. The van der Waals surface area contributed by atoms with Gasteiger partial charge in [-0.25, -0.2) is 0 Å². The van der Waals surface area contributed by atoms with Crippen molar-refractivity contribution in [3.63, 3.8) is 0 Å². The van der Waals surface area contributed by atoms with E-state index < -0.39 is 0 Å². The van der Waals surface area contributed by atoms with Gasteiger partial charge in [-0.1, -0.05) is 42.5 Å². The maximum Gasteiger partial charge on any atom is 0.0371 e. The zero-order valence-electron chi connectivity index (χ0n) is 10.9. The molecule has 2 fully saturated rings. The molecule has 0 radical (unpaired) electrons. The topological polar surface area (TPSA) is 0 Å². The van der Waals surface area contributed by atoms with Crippen molar-refractivity contribution in [1.82, 2.24) is 0 Å². The molecule has 5 rings (SSSR count). The average Bonchev–Trinajstić information content (AvgIpc) is 3.18. The number of allylic oxidation sites excluding steroid dienone is 4. The monoisotopic (exact) mass is 266 g/mol. The van der Waals surface area contributed by atoms with E-state index in [0.717, 1.165) is 29.6 Å². The Labute approximate surface area is 119 Å². The lowest BCUT2D eigenvalue weighted by Crippen LogP contribution is -2.41. The van der Waals surface area contributed by atoms with Crippen LogP contribution in [0.25, 0.3) is 0 Å². The molecule has 19 heavy (non-hydrogen) atoms. The van der Waals surface area contributed by atoms with Crippen LogP contribution in [0.5, 0.6) is 0 Å². The van der Waals surface area contributed by atoms with E-state index in [1.165, 1.54) is 17.7 Å². The first-order chi connectivity index (χ1) is 9.38. The molecule has 0 amide bonds. The highest BCUT2D eigenvalue weighted by Gasteiger charge is 2.66. The Kier molecular flexibility index (Phi) is 2.03. The molecule has 0 aliphatic heterocycles. The van der Waals surface area contributed by atoms with Crippen molar-refractivity contribution in [1.29, 1.82) is 0 Å². The van der Waals surface area contributed by atoms with Gasteiger partial charge in [-0.3, -0.25) is 0 Å². The average molecular weight is 266 g/mol. The fraction of sp³-hybridized carbons (Fsp3) is 0.444. The molecular weight excluding hydrogens is 248 g/mol. The predicted molar refractivity (Wildman–Crippen MR) is 80.0 cm³/mol. The molecule has 4 bridgehead atoms. The van der Waals surface area contributed by atoms with E-state index >= 15 is 0 Å². The number of rotatable bonds is 2. The molecule has 0 aromatic heterocycles. The van der Waals surface area contributed by atoms with Crippen LogP contribution in [0, 0.1) is 29.6 Å². The highest BCUT2D eigenvalue weighted by Crippen LogP contribution is 2.71. The van der Waals surface area contributed by atoms with Gasteiger partial charge in [0, 0.05) is 9.64 Å². The summed E-state index contributed by atoms with van der Waals surface area (Å²) in [5, 5.41) is 0. The van der Waals surface area contributed by atoms with Crippen LogP contribution in [-0.4, -0.2) is 4.75 Å². The standard InChI is InChI=1S/C18H18S/c1-2-4-16(5-3-1)19-18-14-8-6-12(10-14)17(18)13-7-9-15(18)11-13/h1-9,12-15,17H,10-11H2. The molecule has 4 unspecified atom stereocenters. The molecule has 1 heteroatoms. The summed E-state index contributed by atoms with van der Waals surface area (Å²) in [6.07, 6.45) is 12.9. The molecule has 0 nitrogen and oxygen atoms in total. The Balaban J connectivity index is 1.61. The molecule has 1 aromatic rings. The van der Waals surface area contributed by atoms with Gasteiger partial charge in [0.2, 0.25) is 0 Å². The first-order valence-electron chi connectivity index (χ1n) is 7.48. The molecule has 0 N–H and O–H groups in total. The number of hydrogen-bond acceptors (Lipinski definition) is 1. The van der Waals surface area contributed by atoms with Gasteiger partial charge in [0.05, 0.1) is 0 Å². The van der Waals surface area contributed by atoms with Gasteiger partial charge in [-0.2, -0.15) is 0 Å². The third-order valence-electron chi connectivity index (χ3n) is 5.87. The molecule has 0 spiro atoms. The molecule has 1 aromatic carbocycles. The summed E-state index contributed by atoms with van der Waals surface area (Å²) in [5.74, 6) is 4.25. The second-order valence-corrected chi connectivity index (χ2v) is 7.96. The van der Waals surface area contributed by atoms with E-state index in [4.69, 9.17) is 0 Å². The minimum atomic E-state index is 0.486. The zero-order valence-corrected chi connectivity index (χ0v) is 11.7. The second-order valence-electron chi connectivity index (χ2n) is 6.58. The SMILES string of the molecule is C1=CC2CC1C1C3C=CC(C3)C21Sc1ccccc1. The van der Waals surface area contributed by atoms with Crippen LogP contribution in [0.4, 0.5) is 0 Å². The third-order valence-corrected chi connectivity index (χ3v) is 7.61. The van der Waals surface area contributed by atoms with Crippen molar-refractivity contribution in [2.75, 3.05) is 0 Å². The molecular formula is C18H18S. The minimum absolute atomic E-state index is 0.486. The van der Waals surface area contributed by atoms with E-state index in [1.54, 1.807) is 0 Å². The summed E-state index contributed by atoms with van der Waals surface area (Å²) in [6.45, 7) is 0. The van der Waals surface area contributed by atoms with Crippen LogP contribution in [0.15, 0.2) is 59.5 Å². The summed E-state index contributed by atoms with van der Waals surface area (Å²) < 4.78 is 0.486. The van der Waals surface area contributed by atoms with E-state index in [0.29, 0.717) is 4.75 Å². The lowest BCUT2D eigenvalue weighted by molar-refractivity contribution is 0.329. The van der Waals surface area contributed by atoms with E-state index in [9.17, 15) is 0 Å². The summed E-state index contributed by atoms with van der Waals surface area (Å²) in [4.78, 5) is 1.47. The van der Waals surface area contributed by atoms with Crippen molar-refractivity contribution in [3.8, 4) is 0 Å². The van der Waals surface area contributed by atoms with Gasteiger partial charge in [0.25, 0.3) is 0 Å². The Morgan fingerprint density at radius 2 is 1.47 bits per heavy atom. The van der Waals surface area contributed by atoms with Gasteiger partial charge in [0.15, 0.2) is 0 Å². The Bertz CT molecular complexity index is 543. The fourth-order valence-corrected chi connectivity index (χ4v) is 7.16. The van der Waals surface area contributed by atoms with Gasteiger partial charge in [0.1, 0.15) is 0 Å². The first-order valence-corrected chi connectivity index (χ1v) is 8.30. The van der Waals surface area contributed by atoms with Gasteiger partial charge < -0.3 is 0 Å². The van der Waals surface area contributed by atoms with Crippen molar-refractivity contribution < 1.29 is 0 Å². The Morgan fingerprint density at radius 3 is 2.11 bits per heavy atom. The lowest BCUT2D eigenvalue weighted by Gasteiger charge is -2.43. The Hall–Kier alpha value is -0.950. The van der Waals surface area contributed by atoms with Crippen molar-refractivity contribution >= 4 is 11.8 Å². The van der Waals surface area contributed by atoms with Crippen LogP contribution in [0.3, 0.4) is 0 Å². The maximum atomic E-state index is 2.53. The van der Waals surface area contributed by atoms with Crippen LogP contribution in [0.2, 0.25) is 0 Å². The fourth-order valence-electron chi connectivity index (χ4n) is 5.32. The lowest BCUT2D eigenvalue weighted by atomic mass is 9.75. The maximum absolute atomic E-state index is 2.53. The zero-order chi connectivity index (χ0) is 12.4. The Morgan fingerprint density at radius 1 is 0.842 bits per heavy atom. The van der Waals surface area contributed by atoms with Crippen molar-refractivity contribution in [2.24, 2.45) is 29.6 Å². The molecule has 0 heterocycles. The number of hydrogen-bond donors (Lipinski definition) is 0. The van der Waals surface area contributed by atoms with Crippen LogP contribution < -0.4 is 0 Å². The van der Waals surface area contributed by atoms with Crippen molar-refractivity contribution in [2.45, 2.75) is 22.5 Å². The smallest absolute Gasteiger partial charge is 0.0371 e. The molecule has 96 valence electrons. The third kappa shape index (κ3) is 1.23. The van der Waals surface area contributed by atoms with Crippen LogP contribution in [-0.2, 0) is 0 Å². The summed E-state index contributed by atoms with van der Waals surface area (Å²) >= 11 is 2.19. The molecule has 4 aliphatic carbocycles. The van der Waals surface area contributed by atoms with E-state index in [2.05, 4.69) is 66.4 Å². The summed E-state index contributed by atoms with van der Waals surface area (Å²) in [5.41, 5.74) is 0. The highest BCUT2D eigenvalue weighted by molar-refractivity contribution is 8.00. The number of thioether (sulfide) groups is 1. The number of fused-ring (bicyclic) bond motifs is 9. The van der Waals surface area contributed by atoms with Gasteiger partial charge >= 0.3 is 0 Å². The molecule has 4 aliphatic rings. The molecule has 0 saturated heterocycles. The first kappa shape index (κ1) is 10.8. The highest BCUT2D eigenvalue weighted by atomic mass is 32.2. The second kappa shape index (κ2) is 3.58. The van der Waals surface area contributed by atoms with Gasteiger partial charge in [-0.05, 0) is 54.6 Å². The summed E-state index contributed by atoms with van der Waals surface area (Å²) in [7, 11) is 0. The summed E-state index contributed by atoms with van der Waals surface area (Å²) in [6, 6.07) is 11.1. The van der Waals surface area contributed by atoms with Crippen molar-refractivity contribution in [3.05, 3.63) is 54.6 Å². The van der Waals surface area contributed by atoms with E-state index in [1.807, 2.05) is 0 Å². The van der Waals surface area contributed by atoms with Crippen LogP contribution >= 0.6 is 11.8 Å². The van der Waals surface area contributed by atoms with Gasteiger partial charge in [-0.15, -0.1) is 11.8 Å². The van der Waals surface area contributed by atoms with Crippen LogP contribution in [0.1, 0.15) is 12.8 Å². The minimum Gasteiger partial charge on any atom is -0.118 e. The number of benzene rings is 1. The molecule has 2 saturated carbocycles.